The third-order valence-corrected chi connectivity index (χ3v) is 2.73. The van der Waals surface area contributed by atoms with E-state index in [0.29, 0.717) is 22.7 Å². The van der Waals surface area contributed by atoms with Gasteiger partial charge in [0.05, 0.1) is 5.02 Å². The molecule has 2 aromatic rings. The van der Waals surface area contributed by atoms with Gasteiger partial charge in [-0.25, -0.2) is 0 Å². The maximum Gasteiger partial charge on any atom is 0.168 e. The van der Waals surface area contributed by atoms with Gasteiger partial charge in [0.25, 0.3) is 0 Å². The fourth-order valence-corrected chi connectivity index (χ4v) is 1.76. The van der Waals surface area contributed by atoms with Crippen molar-refractivity contribution >= 4 is 23.1 Å². The number of ketones is 1. The van der Waals surface area contributed by atoms with E-state index in [1.165, 1.54) is 0 Å². The first-order chi connectivity index (χ1) is 8.16. The van der Waals surface area contributed by atoms with Crippen LogP contribution >= 0.6 is 11.6 Å². The molecule has 0 saturated carbocycles. The molecule has 0 spiro atoms. The minimum atomic E-state index is -0.0477. The van der Waals surface area contributed by atoms with E-state index in [2.05, 4.69) is 4.98 Å². The number of aromatic nitrogens is 1. The molecule has 0 unspecified atom stereocenters. The number of nitrogens with zero attached hydrogens (tertiary/aromatic N) is 1. The normalized spacial score (nSPS) is 10.2. The van der Waals surface area contributed by atoms with Crippen molar-refractivity contribution in [3.05, 3.63) is 58.9 Å². The van der Waals surface area contributed by atoms with Crippen LogP contribution in [0.4, 0.5) is 5.69 Å². The number of benzene rings is 1. The number of hydrogen-bond donors (Lipinski definition) is 1. The van der Waals surface area contributed by atoms with Gasteiger partial charge in [0, 0.05) is 30.1 Å². The van der Waals surface area contributed by atoms with Crippen molar-refractivity contribution in [3.8, 4) is 0 Å². The summed E-state index contributed by atoms with van der Waals surface area (Å²) in [7, 11) is 0. The van der Waals surface area contributed by atoms with E-state index in [4.69, 9.17) is 17.3 Å². The molecule has 1 aromatic carbocycles. The van der Waals surface area contributed by atoms with Crippen molar-refractivity contribution in [2.75, 3.05) is 5.73 Å². The van der Waals surface area contributed by atoms with Crippen molar-refractivity contribution in [2.45, 2.75) is 6.42 Å². The standard InChI is InChI=1S/C13H11ClN2O/c14-12-2-1-10(15)8-11(12)13(17)7-9-3-5-16-6-4-9/h1-6,8H,7,15H2. The Morgan fingerprint density at radius 1 is 1.24 bits per heavy atom. The molecule has 1 heterocycles. The summed E-state index contributed by atoms with van der Waals surface area (Å²) in [4.78, 5) is 15.9. The molecule has 17 heavy (non-hydrogen) atoms. The maximum atomic E-state index is 12.0. The Morgan fingerprint density at radius 2 is 1.94 bits per heavy atom. The third kappa shape index (κ3) is 2.82. The van der Waals surface area contributed by atoms with Crippen molar-refractivity contribution in [1.29, 1.82) is 0 Å². The lowest BCUT2D eigenvalue weighted by Gasteiger charge is -2.04. The van der Waals surface area contributed by atoms with Gasteiger partial charge in [-0.1, -0.05) is 11.6 Å². The summed E-state index contributed by atoms with van der Waals surface area (Å²) < 4.78 is 0. The fraction of sp³-hybridized carbons (Fsp3) is 0.0769. The first-order valence-corrected chi connectivity index (χ1v) is 5.52. The Labute approximate surface area is 104 Å². The van der Waals surface area contributed by atoms with Crippen LogP contribution in [0.5, 0.6) is 0 Å². The first-order valence-electron chi connectivity index (χ1n) is 5.14. The second-order valence-electron chi connectivity index (χ2n) is 3.69. The summed E-state index contributed by atoms with van der Waals surface area (Å²) in [6, 6.07) is 8.52. The van der Waals surface area contributed by atoms with Crippen LogP contribution < -0.4 is 5.73 Å². The second-order valence-corrected chi connectivity index (χ2v) is 4.10. The van der Waals surface area contributed by atoms with Gasteiger partial charge >= 0.3 is 0 Å². The lowest BCUT2D eigenvalue weighted by atomic mass is 10.0. The summed E-state index contributed by atoms with van der Waals surface area (Å²) in [5.41, 5.74) is 7.54. The SMILES string of the molecule is Nc1ccc(Cl)c(C(=O)Cc2ccncc2)c1. The third-order valence-electron chi connectivity index (χ3n) is 2.40. The van der Waals surface area contributed by atoms with Crippen LogP contribution in [-0.2, 0) is 6.42 Å². The van der Waals surface area contributed by atoms with Crippen molar-refractivity contribution < 1.29 is 4.79 Å². The number of carbonyl (C=O) groups excluding carboxylic acids is 1. The molecule has 4 heteroatoms. The summed E-state index contributed by atoms with van der Waals surface area (Å²) in [5, 5.41) is 0.429. The number of halogens is 1. The van der Waals surface area contributed by atoms with Gasteiger partial charge in [0.2, 0.25) is 0 Å². The van der Waals surface area contributed by atoms with Crippen molar-refractivity contribution in [1.82, 2.24) is 4.98 Å². The molecule has 1 aromatic heterocycles. The predicted octanol–water partition coefficient (Wildman–Crippen LogP) is 2.74. The van der Waals surface area contributed by atoms with E-state index in [-0.39, 0.29) is 5.78 Å². The molecule has 86 valence electrons. The summed E-state index contributed by atoms with van der Waals surface area (Å²) in [6.07, 6.45) is 3.61. The molecule has 0 saturated heterocycles. The monoisotopic (exact) mass is 246 g/mol. The number of nitrogen functional groups attached to an aromatic ring is 1. The molecular formula is C13H11ClN2O. The molecule has 0 bridgehead atoms. The smallest absolute Gasteiger partial charge is 0.168 e. The number of hydrogen-bond acceptors (Lipinski definition) is 3. The number of carbonyl (C=O) groups is 1. The molecular weight excluding hydrogens is 236 g/mol. The molecule has 0 aliphatic rings. The molecule has 0 radical (unpaired) electrons. The molecule has 0 amide bonds. The van der Waals surface area contributed by atoms with E-state index in [9.17, 15) is 4.79 Å². The van der Waals surface area contributed by atoms with Crippen LogP contribution in [0.15, 0.2) is 42.7 Å². The van der Waals surface area contributed by atoms with Gasteiger partial charge in [-0.15, -0.1) is 0 Å². The van der Waals surface area contributed by atoms with Crippen LogP contribution in [0.3, 0.4) is 0 Å². The lowest BCUT2D eigenvalue weighted by Crippen LogP contribution is -2.05. The zero-order valence-electron chi connectivity index (χ0n) is 9.06. The fourth-order valence-electron chi connectivity index (χ4n) is 1.54. The molecule has 2 N–H and O–H groups in total. The Balaban J connectivity index is 2.23. The average molecular weight is 247 g/mol. The topological polar surface area (TPSA) is 56.0 Å². The minimum absolute atomic E-state index is 0.0477. The highest BCUT2D eigenvalue weighted by molar-refractivity contribution is 6.34. The van der Waals surface area contributed by atoms with Gasteiger partial charge in [-0.05, 0) is 35.9 Å². The van der Waals surface area contributed by atoms with Crippen LogP contribution in [0.2, 0.25) is 5.02 Å². The molecule has 3 nitrogen and oxygen atoms in total. The number of rotatable bonds is 3. The highest BCUT2D eigenvalue weighted by Crippen LogP contribution is 2.20. The Bertz CT molecular complexity index is 540. The van der Waals surface area contributed by atoms with Gasteiger partial charge in [0.1, 0.15) is 0 Å². The molecule has 2 rings (SSSR count). The summed E-state index contributed by atoms with van der Waals surface area (Å²) in [6.45, 7) is 0. The molecule has 0 aliphatic carbocycles. The van der Waals surface area contributed by atoms with Gasteiger partial charge in [0.15, 0.2) is 5.78 Å². The van der Waals surface area contributed by atoms with E-state index >= 15 is 0 Å². The quantitative estimate of drug-likeness (QED) is 0.669. The number of nitrogens with two attached hydrogens (primary N) is 1. The largest absolute Gasteiger partial charge is 0.399 e. The summed E-state index contributed by atoms with van der Waals surface area (Å²) >= 11 is 5.97. The molecule has 0 aliphatic heterocycles. The second kappa shape index (κ2) is 4.97. The van der Waals surface area contributed by atoms with E-state index in [0.717, 1.165) is 5.56 Å². The van der Waals surface area contributed by atoms with Crippen LogP contribution in [0.25, 0.3) is 0 Å². The van der Waals surface area contributed by atoms with Crippen LogP contribution in [-0.4, -0.2) is 10.8 Å². The zero-order chi connectivity index (χ0) is 12.3. The Kier molecular flexibility index (Phi) is 3.40. The molecule has 0 atom stereocenters. The van der Waals surface area contributed by atoms with Gasteiger partial charge < -0.3 is 5.73 Å². The molecule has 0 fully saturated rings. The van der Waals surface area contributed by atoms with E-state index < -0.39 is 0 Å². The van der Waals surface area contributed by atoms with E-state index in [1.807, 2.05) is 0 Å². The Hall–Kier alpha value is -1.87. The Morgan fingerprint density at radius 3 is 2.65 bits per heavy atom. The number of Topliss-reactive ketones (excluding diaryl/α,β-unsaturated/α-hetero) is 1. The van der Waals surface area contributed by atoms with Crippen molar-refractivity contribution in [2.24, 2.45) is 0 Å². The van der Waals surface area contributed by atoms with Gasteiger partial charge in [-0.3, -0.25) is 9.78 Å². The van der Waals surface area contributed by atoms with Crippen molar-refractivity contribution in [3.63, 3.8) is 0 Å². The predicted molar refractivity (Wildman–Crippen MR) is 68.1 cm³/mol. The van der Waals surface area contributed by atoms with E-state index in [1.54, 1.807) is 42.7 Å². The summed E-state index contributed by atoms with van der Waals surface area (Å²) in [5.74, 6) is -0.0477. The lowest BCUT2D eigenvalue weighted by molar-refractivity contribution is 0.0993. The van der Waals surface area contributed by atoms with Crippen LogP contribution in [0.1, 0.15) is 15.9 Å². The number of pyridine rings is 1. The zero-order valence-corrected chi connectivity index (χ0v) is 9.82. The highest BCUT2D eigenvalue weighted by Gasteiger charge is 2.11. The minimum Gasteiger partial charge on any atom is -0.399 e. The highest BCUT2D eigenvalue weighted by atomic mass is 35.5. The maximum absolute atomic E-state index is 12.0. The van der Waals surface area contributed by atoms with Crippen LogP contribution in [0, 0.1) is 0 Å². The number of anilines is 1. The average Bonchev–Trinajstić information content (AvgIpc) is 2.33. The van der Waals surface area contributed by atoms with Gasteiger partial charge in [-0.2, -0.15) is 0 Å². The first kappa shape index (κ1) is 11.6.